The normalized spacial score (nSPS) is 12.8. The molecular formula is C63H43N3. The summed E-state index contributed by atoms with van der Waals surface area (Å²) in [5, 5.41) is 7.35. The summed E-state index contributed by atoms with van der Waals surface area (Å²) < 4.78 is 2.38. The smallest absolute Gasteiger partial charge is 0.160 e. The van der Waals surface area contributed by atoms with Gasteiger partial charge in [0.05, 0.1) is 22.4 Å². The molecule has 10 aromatic carbocycles. The van der Waals surface area contributed by atoms with Crippen LogP contribution in [0.1, 0.15) is 25.0 Å². The zero-order valence-corrected chi connectivity index (χ0v) is 36.7. The summed E-state index contributed by atoms with van der Waals surface area (Å²) in [7, 11) is 0. The minimum Gasteiger partial charge on any atom is -0.309 e. The summed E-state index contributed by atoms with van der Waals surface area (Å²) in [5.74, 6) is 0.692. The van der Waals surface area contributed by atoms with E-state index in [0.29, 0.717) is 5.82 Å². The van der Waals surface area contributed by atoms with Crippen molar-refractivity contribution < 1.29 is 0 Å². The molecule has 0 bridgehead atoms. The van der Waals surface area contributed by atoms with Crippen molar-refractivity contribution in [3.8, 4) is 73.0 Å². The summed E-state index contributed by atoms with van der Waals surface area (Å²) in [6.45, 7) is 4.74. The Morgan fingerprint density at radius 2 is 0.939 bits per heavy atom. The van der Waals surface area contributed by atoms with Crippen molar-refractivity contribution >= 4 is 43.4 Å². The quantitative estimate of drug-likeness (QED) is 0.167. The van der Waals surface area contributed by atoms with Gasteiger partial charge in [-0.3, -0.25) is 0 Å². The first-order valence-electron chi connectivity index (χ1n) is 22.8. The fraction of sp³-hybridized carbons (Fsp3) is 0.0476. The Labute approximate surface area is 384 Å². The maximum Gasteiger partial charge on any atom is 0.160 e. The van der Waals surface area contributed by atoms with E-state index in [1.54, 1.807) is 0 Å². The lowest BCUT2D eigenvalue weighted by Crippen LogP contribution is -2.14. The molecule has 1 aliphatic rings. The van der Waals surface area contributed by atoms with Gasteiger partial charge in [0.25, 0.3) is 0 Å². The second kappa shape index (κ2) is 14.8. The lowest BCUT2D eigenvalue weighted by molar-refractivity contribution is 0.661. The number of fused-ring (bicyclic) bond motifs is 8. The molecule has 0 saturated heterocycles. The molecule has 0 unspecified atom stereocenters. The maximum atomic E-state index is 5.39. The number of rotatable bonds is 6. The van der Waals surface area contributed by atoms with Crippen molar-refractivity contribution in [2.75, 3.05) is 0 Å². The molecule has 0 saturated carbocycles. The van der Waals surface area contributed by atoms with Crippen molar-refractivity contribution in [3.05, 3.63) is 236 Å². The molecule has 310 valence electrons. The Morgan fingerprint density at radius 1 is 0.348 bits per heavy atom. The van der Waals surface area contributed by atoms with Crippen LogP contribution in [0, 0.1) is 0 Å². The SMILES string of the molecule is CC1(C)c2cc3ccccc3cc2-c2c(-c3ccc(-c4cc(-c5ccccc5-c5ccc6c7ccccc7n(-c7ccccc7)c6c5)nc(-c5ccccc5)n4)c4ccccc34)cccc21. The van der Waals surface area contributed by atoms with Crippen LogP contribution in [0.2, 0.25) is 0 Å². The van der Waals surface area contributed by atoms with E-state index >= 15 is 0 Å². The van der Waals surface area contributed by atoms with Gasteiger partial charge in [-0.15, -0.1) is 0 Å². The zero-order chi connectivity index (χ0) is 43.9. The van der Waals surface area contributed by atoms with E-state index in [9.17, 15) is 0 Å². The molecule has 0 fully saturated rings. The van der Waals surface area contributed by atoms with E-state index in [4.69, 9.17) is 9.97 Å². The van der Waals surface area contributed by atoms with Crippen molar-refractivity contribution in [2.24, 2.45) is 0 Å². The van der Waals surface area contributed by atoms with Crippen molar-refractivity contribution in [1.29, 1.82) is 0 Å². The van der Waals surface area contributed by atoms with Crippen LogP contribution in [0.3, 0.4) is 0 Å². The number of aromatic nitrogens is 3. The topological polar surface area (TPSA) is 30.7 Å². The highest BCUT2D eigenvalue weighted by atomic mass is 15.0. The van der Waals surface area contributed by atoms with Gasteiger partial charge in [0, 0.05) is 38.6 Å². The average molecular weight is 842 g/mol. The molecular weight excluding hydrogens is 799 g/mol. The van der Waals surface area contributed by atoms with Gasteiger partial charge in [0.2, 0.25) is 0 Å². The molecule has 3 nitrogen and oxygen atoms in total. The largest absolute Gasteiger partial charge is 0.309 e. The summed E-state index contributed by atoms with van der Waals surface area (Å²) in [4.78, 5) is 10.8. The Hall–Kier alpha value is -8.40. The monoisotopic (exact) mass is 841 g/mol. The molecule has 12 aromatic rings. The predicted octanol–water partition coefficient (Wildman–Crippen LogP) is 16.5. The van der Waals surface area contributed by atoms with Crippen LogP contribution in [0.4, 0.5) is 0 Å². The molecule has 0 atom stereocenters. The molecule has 2 aromatic heterocycles. The van der Waals surface area contributed by atoms with Gasteiger partial charge < -0.3 is 4.57 Å². The van der Waals surface area contributed by atoms with E-state index in [1.165, 1.54) is 71.3 Å². The first kappa shape index (κ1) is 38.1. The van der Waals surface area contributed by atoms with E-state index in [2.05, 4.69) is 237 Å². The Kier molecular flexibility index (Phi) is 8.56. The van der Waals surface area contributed by atoms with Gasteiger partial charge in [0.15, 0.2) is 5.82 Å². The zero-order valence-electron chi connectivity index (χ0n) is 36.7. The third-order valence-corrected chi connectivity index (χ3v) is 14.0. The maximum absolute atomic E-state index is 5.39. The first-order valence-corrected chi connectivity index (χ1v) is 22.8. The fourth-order valence-electron chi connectivity index (χ4n) is 10.8. The van der Waals surface area contributed by atoms with Gasteiger partial charge in [-0.2, -0.15) is 0 Å². The van der Waals surface area contributed by atoms with Crippen LogP contribution in [-0.2, 0) is 5.41 Å². The summed E-state index contributed by atoms with van der Waals surface area (Å²) >= 11 is 0. The molecule has 0 aliphatic heterocycles. The number of nitrogens with zero attached hydrogens (tertiary/aromatic N) is 3. The lowest BCUT2D eigenvalue weighted by Gasteiger charge is -2.22. The second-order valence-corrected chi connectivity index (χ2v) is 18.1. The second-order valence-electron chi connectivity index (χ2n) is 18.1. The van der Waals surface area contributed by atoms with Crippen LogP contribution in [0.15, 0.2) is 224 Å². The third-order valence-electron chi connectivity index (χ3n) is 14.0. The van der Waals surface area contributed by atoms with Crippen LogP contribution in [0.25, 0.3) is 116 Å². The van der Waals surface area contributed by atoms with Gasteiger partial charge in [-0.25, -0.2) is 9.97 Å². The highest BCUT2D eigenvalue weighted by Gasteiger charge is 2.37. The number of para-hydroxylation sites is 2. The fourth-order valence-corrected chi connectivity index (χ4v) is 10.8. The van der Waals surface area contributed by atoms with Crippen molar-refractivity contribution in [2.45, 2.75) is 19.3 Å². The Bertz CT molecular complexity index is 3900. The van der Waals surface area contributed by atoms with Crippen molar-refractivity contribution in [3.63, 3.8) is 0 Å². The van der Waals surface area contributed by atoms with Gasteiger partial charge >= 0.3 is 0 Å². The van der Waals surface area contributed by atoms with Crippen molar-refractivity contribution in [1.82, 2.24) is 14.5 Å². The minimum atomic E-state index is -0.131. The van der Waals surface area contributed by atoms with Crippen LogP contribution in [-0.4, -0.2) is 14.5 Å². The molecule has 0 spiro atoms. The number of benzene rings is 10. The summed E-state index contributed by atoms with van der Waals surface area (Å²) in [6.07, 6.45) is 0. The van der Waals surface area contributed by atoms with Crippen LogP contribution in [0.5, 0.6) is 0 Å². The van der Waals surface area contributed by atoms with Gasteiger partial charge in [0.1, 0.15) is 0 Å². The molecule has 2 heterocycles. The summed E-state index contributed by atoms with van der Waals surface area (Å²) in [6, 6.07) is 81.3. The van der Waals surface area contributed by atoms with E-state index in [-0.39, 0.29) is 5.41 Å². The van der Waals surface area contributed by atoms with E-state index in [0.717, 1.165) is 50.3 Å². The van der Waals surface area contributed by atoms with Gasteiger partial charge in [-0.05, 0) is 109 Å². The summed E-state index contributed by atoms with van der Waals surface area (Å²) in [5.41, 5.74) is 18.3. The highest BCUT2D eigenvalue weighted by molar-refractivity contribution is 6.11. The molecule has 66 heavy (non-hydrogen) atoms. The first-order chi connectivity index (χ1) is 32.5. The standard InChI is InChI=1S/C63H43N3/c1-63(2)55-30-17-29-53(61(55)54-36-41-20-9-10-21-42(41)37-56(54)63)48-34-35-50(47-26-13-12-25-46(47)48)58-39-57(64-62(65-58)40-18-5-3-6-19-40)49-27-14-11-24-45(49)43-32-33-52-51-28-15-16-31-59(51)66(60(52)38-43)44-22-7-4-8-23-44/h3-39H,1-2H3. The number of hydrogen-bond donors (Lipinski definition) is 0. The van der Waals surface area contributed by atoms with E-state index < -0.39 is 0 Å². The third kappa shape index (κ3) is 5.90. The van der Waals surface area contributed by atoms with E-state index in [1.807, 2.05) is 6.07 Å². The molecule has 3 heteroatoms. The molecule has 0 amide bonds. The number of hydrogen-bond acceptors (Lipinski definition) is 2. The Balaban J connectivity index is 0.994. The van der Waals surface area contributed by atoms with Crippen LogP contribution >= 0.6 is 0 Å². The Morgan fingerprint density at radius 3 is 1.73 bits per heavy atom. The molecule has 1 aliphatic carbocycles. The predicted molar refractivity (Wildman–Crippen MR) is 276 cm³/mol. The lowest BCUT2D eigenvalue weighted by atomic mass is 9.81. The average Bonchev–Trinajstić information content (AvgIpc) is 3.83. The minimum absolute atomic E-state index is 0.131. The van der Waals surface area contributed by atoms with Gasteiger partial charge in [-0.1, -0.05) is 196 Å². The highest BCUT2D eigenvalue weighted by Crippen LogP contribution is 2.54. The molecule has 0 N–H and O–H groups in total. The molecule has 0 radical (unpaired) electrons. The van der Waals surface area contributed by atoms with Crippen LogP contribution < -0.4 is 0 Å². The molecule has 13 rings (SSSR count).